The van der Waals surface area contributed by atoms with E-state index in [1.165, 1.54) is 11.3 Å². The average Bonchev–Trinajstić information content (AvgIpc) is 3.04. The number of thiazole rings is 1. The van der Waals surface area contributed by atoms with E-state index in [1.54, 1.807) is 6.20 Å². The Balaban J connectivity index is 2.02. The zero-order chi connectivity index (χ0) is 18.5. The van der Waals surface area contributed by atoms with Crippen LogP contribution < -0.4 is 10.1 Å². The molecule has 1 amide bonds. The number of ether oxygens (including phenoxy) is 1. The molecule has 0 aliphatic carbocycles. The molecule has 0 aliphatic rings. The van der Waals surface area contributed by atoms with Crippen LogP contribution in [-0.4, -0.2) is 28.5 Å². The number of carbonyl (C=O) groups is 1. The number of nitrogens with one attached hydrogen (secondary N) is 1. The van der Waals surface area contributed by atoms with Gasteiger partial charge < -0.3 is 10.1 Å². The second-order valence-corrected chi connectivity index (χ2v) is 7.06. The lowest BCUT2D eigenvalue weighted by Crippen LogP contribution is -2.28. The van der Waals surface area contributed by atoms with Crippen LogP contribution in [0.15, 0.2) is 42.6 Å². The second-order valence-electron chi connectivity index (χ2n) is 5.72. The normalized spacial score (nSPS) is 10.6. The molecule has 0 unspecified atom stereocenters. The van der Waals surface area contributed by atoms with E-state index >= 15 is 0 Å². The van der Waals surface area contributed by atoms with Crippen molar-refractivity contribution in [3.63, 3.8) is 0 Å². The van der Waals surface area contributed by atoms with Crippen molar-refractivity contribution >= 4 is 29.0 Å². The molecule has 3 aromatic rings. The highest BCUT2D eigenvalue weighted by Crippen LogP contribution is 2.40. The standard InChI is InChI=1S/C19H18ClN3O2S/c1-12-4-3-5-14(10-12)16-17(15-6-8-21-13(2)11-15)26-19(23-16)25-18(24)22-9-7-20/h3-6,8,10-11H,7,9H2,1-2H3,(H,22,24). The molecule has 0 bridgehead atoms. The van der Waals surface area contributed by atoms with Crippen molar-refractivity contribution in [2.24, 2.45) is 0 Å². The summed E-state index contributed by atoms with van der Waals surface area (Å²) in [6.45, 7) is 4.31. The first-order chi connectivity index (χ1) is 12.6. The number of nitrogens with zero attached hydrogens (tertiary/aromatic N) is 2. The lowest BCUT2D eigenvalue weighted by atomic mass is 10.1. The van der Waals surface area contributed by atoms with E-state index in [0.717, 1.165) is 33.0 Å². The first-order valence-corrected chi connectivity index (χ1v) is 9.44. The summed E-state index contributed by atoms with van der Waals surface area (Å²) >= 11 is 6.91. The fourth-order valence-electron chi connectivity index (χ4n) is 2.48. The highest BCUT2D eigenvalue weighted by molar-refractivity contribution is 7.17. The number of hydrogen-bond acceptors (Lipinski definition) is 5. The number of benzene rings is 1. The van der Waals surface area contributed by atoms with Gasteiger partial charge in [-0.05, 0) is 37.6 Å². The predicted octanol–water partition coefficient (Wildman–Crippen LogP) is 4.82. The molecule has 5 nitrogen and oxygen atoms in total. The van der Waals surface area contributed by atoms with Gasteiger partial charge in [-0.1, -0.05) is 35.1 Å². The summed E-state index contributed by atoms with van der Waals surface area (Å²) in [6, 6.07) is 12.0. The third-order valence-electron chi connectivity index (χ3n) is 3.60. The third-order valence-corrected chi connectivity index (χ3v) is 4.77. The van der Waals surface area contributed by atoms with Crippen molar-refractivity contribution in [2.75, 3.05) is 12.4 Å². The molecule has 0 aliphatic heterocycles. The van der Waals surface area contributed by atoms with Gasteiger partial charge in [0, 0.05) is 29.9 Å². The van der Waals surface area contributed by atoms with Gasteiger partial charge in [0.2, 0.25) is 0 Å². The predicted molar refractivity (Wildman–Crippen MR) is 105 cm³/mol. The molecule has 7 heteroatoms. The minimum atomic E-state index is -0.562. The number of carbonyl (C=O) groups excluding carboxylic acids is 1. The Labute approximate surface area is 161 Å². The Hall–Kier alpha value is -2.44. The van der Waals surface area contributed by atoms with Gasteiger partial charge in [-0.15, -0.1) is 11.6 Å². The zero-order valence-electron chi connectivity index (χ0n) is 14.5. The fraction of sp³-hybridized carbons (Fsp3) is 0.211. The molecule has 3 rings (SSSR count). The van der Waals surface area contributed by atoms with Crippen LogP contribution in [0.2, 0.25) is 0 Å². The number of aromatic nitrogens is 2. The topological polar surface area (TPSA) is 64.1 Å². The van der Waals surface area contributed by atoms with Crippen molar-refractivity contribution in [1.29, 1.82) is 0 Å². The highest BCUT2D eigenvalue weighted by Gasteiger charge is 2.18. The largest absolute Gasteiger partial charge is 0.414 e. The van der Waals surface area contributed by atoms with Crippen LogP contribution >= 0.6 is 22.9 Å². The van der Waals surface area contributed by atoms with E-state index in [0.29, 0.717) is 12.4 Å². The van der Waals surface area contributed by atoms with Crippen molar-refractivity contribution in [3.05, 3.63) is 53.9 Å². The number of aryl methyl sites for hydroxylation is 2. The summed E-state index contributed by atoms with van der Waals surface area (Å²) < 4.78 is 5.32. The van der Waals surface area contributed by atoms with E-state index in [9.17, 15) is 4.79 Å². The van der Waals surface area contributed by atoms with Crippen LogP contribution in [0.3, 0.4) is 0 Å². The average molecular weight is 388 g/mol. The quantitative estimate of drug-likeness (QED) is 0.637. The first-order valence-electron chi connectivity index (χ1n) is 8.09. The van der Waals surface area contributed by atoms with Gasteiger partial charge in [0.15, 0.2) is 0 Å². The Morgan fingerprint density at radius 1 is 1.23 bits per heavy atom. The summed E-state index contributed by atoms with van der Waals surface area (Å²) in [5, 5.41) is 2.86. The minimum absolute atomic E-state index is 0.290. The molecule has 1 N–H and O–H groups in total. The van der Waals surface area contributed by atoms with Gasteiger partial charge in [-0.2, -0.15) is 0 Å². The molecule has 134 valence electrons. The summed E-state index contributed by atoms with van der Waals surface area (Å²) in [7, 11) is 0. The van der Waals surface area contributed by atoms with E-state index < -0.39 is 6.09 Å². The third kappa shape index (κ3) is 4.39. The molecule has 0 radical (unpaired) electrons. The lowest BCUT2D eigenvalue weighted by Gasteiger charge is -2.04. The molecule has 0 atom stereocenters. The summed E-state index contributed by atoms with van der Waals surface area (Å²) in [5.74, 6) is 0.322. The van der Waals surface area contributed by atoms with E-state index in [-0.39, 0.29) is 5.19 Å². The SMILES string of the molecule is Cc1cccc(-c2nc(OC(=O)NCCCl)sc2-c2ccnc(C)c2)c1. The van der Waals surface area contributed by atoms with Crippen LogP contribution in [0.4, 0.5) is 4.79 Å². The number of pyridine rings is 1. The summed E-state index contributed by atoms with van der Waals surface area (Å²) in [6.07, 6.45) is 1.20. The first kappa shape index (κ1) is 18.4. The molecule has 1 aromatic carbocycles. The van der Waals surface area contributed by atoms with Crippen LogP contribution in [0, 0.1) is 13.8 Å². The minimum Gasteiger partial charge on any atom is -0.381 e. The second kappa shape index (κ2) is 8.29. The van der Waals surface area contributed by atoms with Gasteiger partial charge in [-0.3, -0.25) is 4.98 Å². The number of alkyl halides is 1. The van der Waals surface area contributed by atoms with E-state index in [2.05, 4.69) is 21.4 Å². The molecule has 2 heterocycles. The smallest absolute Gasteiger partial charge is 0.381 e. The van der Waals surface area contributed by atoms with E-state index in [4.69, 9.17) is 16.3 Å². The van der Waals surface area contributed by atoms with Gasteiger partial charge in [0.25, 0.3) is 5.19 Å². The van der Waals surface area contributed by atoms with Gasteiger partial charge in [0.05, 0.1) is 10.6 Å². The van der Waals surface area contributed by atoms with Crippen molar-refractivity contribution in [3.8, 4) is 26.9 Å². The van der Waals surface area contributed by atoms with Crippen LogP contribution in [0.5, 0.6) is 5.19 Å². The Kier molecular flexibility index (Phi) is 5.85. The number of amides is 1. The molecule has 0 saturated heterocycles. The number of hydrogen-bond donors (Lipinski definition) is 1. The van der Waals surface area contributed by atoms with Gasteiger partial charge in [0.1, 0.15) is 0 Å². The van der Waals surface area contributed by atoms with Crippen LogP contribution in [0.1, 0.15) is 11.3 Å². The lowest BCUT2D eigenvalue weighted by molar-refractivity contribution is 0.201. The Bertz CT molecular complexity index is 864. The molecule has 26 heavy (non-hydrogen) atoms. The van der Waals surface area contributed by atoms with Gasteiger partial charge >= 0.3 is 6.09 Å². The van der Waals surface area contributed by atoms with Crippen molar-refractivity contribution < 1.29 is 9.53 Å². The Morgan fingerprint density at radius 3 is 2.81 bits per heavy atom. The maximum absolute atomic E-state index is 11.8. The molecular weight excluding hydrogens is 370 g/mol. The molecular formula is C19H18ClN3O2S. The highest BCUT2D eigenvalue weighted by atomic mass is 35.5. The molecule has 0 fully saturated rings. The monoisotopic (exact) mass is 387 g/mol. The number of halogens is 1. The van der Waals surface area contributed by atoms with Gasteiger partial charge in [-0.25, -0.2) is 9.78 Å². The maximum Gasteiger partial charge on any atom is 0.414 e. The van der Waals surface area contributed by atoms with Crippen molar-refractivity contribution in [1.82, 2.24) is 15.3 Å². The molecule has 2 aromatic heterocycles. The fourth-order valence-corrected chi connectivity index (χ4v) is 3.51. The van der Waals surface area contributed by atoms with Crippen LogP contribution in [0.25, 0.3) is 21.7 Å². The molecule has 0 spiro atoms. The van der Waals surface area contributed by atoms with Crippen LogP contribution in [-0.2, 0) is 0 Å². The van der Waals surface area contributed by atoms with E-state index in [1.807, 2.05) is 44.2 Å². The summed E-state index contributed by atoms with van der Waals surface area (Å²) in [5.41, 5.74) is 4.79. The zero-order valence-corrected chi connectivity index (χ0v) is 16.0. The molecule has 0 saturated carbocycles. The van der Waals surface area contributed by atoms with Crippen molar-refractivity contribution in [2.45, 2.75) is 13.8 Å². The maximum atomic E-state index is 11.8. The summed E-state index contributed by atoms with van der Waals surface area (Å²) in [4.78, 5) is 21.6. The Morgan fingerprint density at radius 2 is 2.08 bits per heavy atom. The number of rotatable bonds is 5.